The fourth-order valence-electron chi connectivity index (χ4n) is 1.12. The summed E-state index contributed by atoms with van der Waals surface area (Å²) in [6, 6.07) is 0. The average molecular weight is 285 g/mol. The van der Waals surface area contributed by atoms with Crippen LogP contribution in [-0.2, 0) is 0 Å². The molecule has 0 saturated carbocycles. The third-order valence-corrected chi connectivity index (χ3v) is 2.54. The summed E-state index contributed by atoms with van der Waals surface area (Å²) in [4.78, 5) is 2.26. The molecule has 98 valence electrons. The molecule has 16 heavy (non-hydrogen) atoms. The lowest BCUT2D eigenvalue weighted by Crippen LogP contribution is -2.46. The second-order valence-electron chi connectivity index (χ2n) is 3.32. The van der Waals surface area contributed by atoms with Crippen molar-refractivity contribution in [1.29, 1.82) is 0 Å². The second kappa shape index (κ2) is 14.0. The molecule has 0 aromatic rings. The van der Waals surface area contributed by atoms with Crippen molar-refractivity contribution in [2.45, 2.75) is 0 Å². The first-order valence-corrected chi connectivity index (χ1v) is 7.42. The Hall–Kier alpha value is 0.890. The molecule has 7 heteroatoms. The van der Waals surface area contributed by atoms with Gasteiger partial charge in [-0.25, -0.2) is 0 Å². The number of hydrogen-bond acceptors (Lipinski definition) is 7. The van der Waals surface area contributed by atoms with Crippen LogP contribution in [0.4, 0.5) is 0 Å². The zero-order valence-corrected chi connectivity index (χ0v) is 12.3. The van der Waals surface area contributed by atoms with E-state index in [2.05, 4.69) is 58.7 Å². The van der Waals surface area contributed by atoms with Crippen molar-refractivity contribution in [1.82, 2.24) is 20.9 Å². The van der Waals surface area contributed by atoms with Crippen LogP contribution in [0.3, 0.4) is 0 Å². The van der Waals surface area contributed by atoms with E-state index in [0.29, 0.717) is 0 Å². The molecule has 0 bridgehead atoms. The molecule has 0 aromatic carbocycles. The lowest BCUT2D eigenvalue weighted by Gasteiger charge is -2.23. The van der Waals surface area contributed by atoms with E-state index in [1.54, 1.807) is 0 Å². The van der Waals surface area contributed by atoms with Crippen LogP contribution in [0.5, 0.6) is 0 Å². The van der Waals surface area contributed by atoms with Crippen molar-refractivity contribution in [3.05, 3.63) is 0 Å². The van der Waals surface area contributed by atoms with E-state index in [-0.39, 0.29) is 0 Å². The van der Waals surface area contributed by atoms with Crippen LogP contribution in [0.1, 0.15) is 0 Å². The van der Waals surface area contributed by atoms with E-state index in [9.17, 15) is 0 Å². The summed E-state index contributed by atoms with van der Waals surface area (Å²) < 4.78 is 0. The van der Waals surface area contributed by atoms with Gasteiger partial charge in [0.15, 0.2) is 0 Å². The molecule has 0 heterocycles. The highest BCUT2D eigenvalue weighted by Gasteiger charge is 2.02. The first-order chi connectivity index (χ1) is 7.85. The monoisotopic (exact) mass is 284 g/mol. The van der Waals surface area contributed by atoms with E-state index >= 15 is 0 Å². The average Bonchev–Trinajstić information content (AvgIpc) is 2.29. The SMILES string of the molecule is SCCNCN(CNCCS)CNCCS. The minimum atomic E-state index is 0.861. The normalized spacial score (nSPS) is 11.2. The van der Waals surface area contributed by atoms with Gasteiger partial charge in [0.25, 0.3) is 0 Å². The van der Waals surface area contributed by atoms with Crippen LogP contribution in [0, 0.1) is 0 Å². The van der Waals surface area contributed by atoms with Crippen LogP contribution in [0.25, 0.3) is 0 Å². The third-order valence-electron chi connectivity index (χ3n) is 1.87. The molecule has 0 aliphatic heterocycles. The molecular weight excluding hydrogens is 260 g/mol. The Morgan fingerprint density at radius 3 is 1.19 bits per heavy atom. The van der Waals surface area contributed by atoms with Gasteiger partial charge in [-0.2, -0.15) is 37.9 Å². The zero-order chi connectivity index (χ0) is 12.1. The molecule has 0 amide bonds. The summed E-state index contributed by atoms with van der Waals surface area (Å²) >= 11 is 12.5. The maximum atomic E-state index is 4.16. The highest BCUT2D eigenvalue weighted by molar-refractivity contribution is 7.80. The Bertz CT molecular complexity index is 116. The molecular formula is C9H24N4S3. The lowest BCUT2D eigenvalue weighted by atomic mass is 10.6. The molecule has 0 spiro atoms. The Balaban J connectivity index is 3.58. The van der Waals surface area contributed by atoms with Crippen LogP contribution in [0.15, 0.2) is 0 Å². The highest BCUT2D eigenvalue weighted by atomic mass is 32.1. The predicted molar refractivity (Wildman–Crippen MR) is 82.0 cm³/mol. The van der Waals surface area contributed by atoms with Gasteiger partial charge in [-0.1, -0.05) is 0 Å². The van der Waals surface area contributed by atoms with Crippen molar-refractivity contribution >= 4 is 37.9 Å². The molecule has 0 unspecified atom stereocenters. The number of rotatable bonds is 12. The van der Waals surface area contributed by atoms with Crippen LogP contribution < -0.4 is 16.0 Å². The smallest absolute Gasteiger partial charge is 0.0505 e. The van der Waals surface area contributed by atoms with Gasteiger partial charge in [0.2, 0.25) is 0 Å². The lowest BCUT2D eigenvalue weighted by molar-refractivity contribution is 0.223. The molecule has 3 N–H and O–H groups in total. The third kappa shape index (κ3) is 11.4. The van der Waals surface area contributed by atoms with Crippen molar-refractivity contribution < 1.29 is 0 Å². The van der Waals surface area contributed by atoms with Gasteiger partial charge in [-0.15, -0.1) is 0 Å². The van der Waals surface area contributed by atoms with Crippen molar-refractivity contribution in [3.63, 3.8) is 0 Å². The molecule has 0 aliphatic rings. The standard InChI is InChI=1S/C9H24N4S3/c14-4-1-10-7-13(8-11-2-5-15)9-12-3-6-16/h10-12,14-16H,1-9H2. The number of hydrogen-bond donors (Lipinski definition) is 6. The minimum absolute atomic E-state index is 0.861. The van der Waals surface area contributed by atoms with Gasteiger partial charge in [-0.05, 0) is 0 Å². The highest BCUT2D eigenvalue weighted by Crippen LogP contribution is 1.82. The van der Waals surface area contributed by atoms with Gasteiger partial charge in [-0.3, -0.25) is 4.90 Å². The van der Waals surface area contributed by atoms with Crippen molar-refractivity contribution in [2.24, 2.45) is 0 Å². The fourth-order valence-corrected chi connectivity index (χ4v) is 1.59. The molecule has 0 aromatic heterocycles. The Labute approximate surface area is 116 Å². The van der Waals surface area contributed by atoms with Crippen LogP contribution >= 0.6 is 37.9 Å². The number of thiol groups is 3. The molecule has 0 atom stereocenters. The van der Waals surface area contributed by atoms with Crippen molar-refractivity contribution in [2.75, 3.05) is 56.9 Å². The molecule has 4 nitrogen and oxygen atoms in total. The molecule has 0 saturated heterocycles. The van der Waals surface area contributed by atoms with E-state index in [4.69, 9.17) is 0 Å². The van der Waals surface area contributed by atoms with Gasteiger partial charge < -0.3 is 16.0 Å². The van der Waals surface area contributed by atoms with Gasteiger partial charge in [0.1, 0.15) is 0 Å². The summed E-state index contributed by atoms with van der Waals surface area (Å²) in [5.74, 6) is 2.59. The number of nitrogens with one attached hydrogen (secondary N) is 3. The molecule has 0 fully saturated rings. The summed E-state index contributed by atoms with van der Waals surface area (Å²) in [6.07, 6.45) is 0. The van der Waals surface area contributed by atoms with Crippen LogP contribution in [-0.4, -0.2) is 61.8 Å². The number of nitrogens with zero attached hydrogens (tertiary/aromatic N) is 1. The molecule has 0 aliphatic carbocycles. The van der Waals surface area contributed by atoms with E-state index in [0.717, 1.165) is 56.9 Å². The Morgan fingerprint density at radius 1 is 0.625 bits per heavy atom. The van der Waals surface area contributed by atoms with E-state index < -0.39 is 0 Å². The quantitative estimate of drug-likeness (QED) is 0.169. The maximum absolute atomic E-state index is 4.16. The first kappa shape index (κ1) is 16.9. The Kier molecular flexibility index (Phi) is 14.7. The molecule has 0 radical (unpaired) electrons. The summed E-state index contributed by atoms with van der Waals surface area (Å²) in [5, 5.41) is 9.96. The van der Waals surface area contributed by atoms with E-state index in [1.807, 2.05) is 0 Å². The first-order valence-electron chi connectivity index (χ1n) is 5.52. The largest absolute Gasteiger partial charge is 0.303 e. The van der Waals surface area contributed by atoms with Gasteiger partial charge >= 0.3 is 0 Å². The van der Waals surface area contributed by atoms with E-state index in [1.165, 1.54) is 0 Å². The summed E-state index contributed by atoms with van der Waals surface area (Å²) in [7, 11) is 0. The molecule has 0 rings (SSSR count). The zero-order valence-electron chi connectivity index (χ0n) is 9.65. The maximum Gasteiger partial charge on any atom is 0.0505 e. The van der Waals surface area contributed by atoms with Gasteiger partial charge in [0.05, 0.1) is 20.0 Å². The summed E-state index contributed by atoms with van der Waals surface area (Å²) in [6.45, 7) is 5.37. The van der Waals surface area contributed by atoms with Gasteiger partial charge in [0, 0.05) is 36.9 Å². The fraction of sp³-hybridized carbons (Fsp3) is 1.00. The second-order valence-corrected chi connectivity index (χ2v) is 4.66. The van der Waals surface area contributed by atoms with Crippen LogP contribution in [0.2, 0.25) is 0 Å². The minimum Gasteiger partial charge on any atom is -0.303 e. The summed E-state index contributed by atoms with van der Waals surface area (Å²) in [5.41, 5.74) is 0. The predicted octanol–water partition coefficient (Wildman–Crippen LogP) is -0.281. The Morgan fingerprint density at radius 2 is 0.938 bits per heavy atom. The van der Waals surface area contributed by atoms with Crippen molar-refractivity contribution in [3.8, 4) is 0 Å². The topological polar surface area (TPSA) is 39.3 Å².